The molecular formula is C12H15N3OS. The van der Waals surface area contributed by atoms with Crippen molar-refractivity contribution < 1.29 is 4.79 Å². The van der Waals surface area contributed by atoms with Crippen molar-refractivity contribution in [2.24, 2.45) is 0 Å². The lowest BCUT2D eigenvalue weighted by Crippen LogP contribution is -2.25. The number of hydrogen-bond acceptors (Lipinski definition) is 4. The van der Waals surface area contributed by atoms with Crippen LogP contribution < -0.4 is 10.6 Å². The monoisotopic (exact) mass is 249 g/mol. The van der Waals surface area contributed by atoms with Gasteiger partial charge in [-0.2, -0.15) is 5.26 Å². The smallest absolute Gasteiger partial charge is 0.231 e. The van der Waals surface area contributed by atoms with E-state index < -0.39 is 0 Å². The van der Waals surface area contributed by atoms with Crippen LogP contribution in [0.4, 0.5) is 0 Å². The van der Waals surface area contributed by atoms with Crippen LogP contribution in [0.15, 0.2) is 29.2 Å². The first-order valence-corrected chi connectivity index (χ1v) is 6.25. The fourth-order valence-corrected chi connectivity index (χ4v) is 1.97. The van der Waals surface area contributed by atoms with Crippen molar-refractivity contribution in [2.45, 2.75) is 11.4 Å². The molecule has 1 amide bonds. The van der Waals surface area contributed by atoms with Crippen molar-refractivity contribution >= 4 is 17.7 Å². The van der Waals surface area contributed by atoms with Gasteiger partial charge in [0, 0.05) is 11.4 Å². The number of benzene rings is 1. The first kappa shape index (κ1) is 13.6. The Labute approximate surface area is 105 Å². The van der Waals surface area contributed by atoms with Gasteiger partial charge in [-0.3, -0.25) is 4.79 Å². The molecule has 0 unspecified atom stereocenters. The van der Waals surface area contributed by atoms with Crippen LogP contribution in [0.1, 0.15) is 5.56 Å². The maximum Gasteiger partial charge on any atom is 0.231 e. The Morgan fingerprint density at radius 1 is 1.41 bits per heavy atom. The highest BCUT2D eigenvalue weighted by Gasteiger charge is 2.01. The molecule has 17 heavy (non-hydrogen) atoms. The summed E-state index contributed by atoms with van der Waals surface area (Å²) in [5.41, 5.74) is 1.21. The summed E-state index contributed by atoms with van der Waals surface area (Å²) >= 11 is 1.46. The predicted octanol–water partition coefficient (Wildman–Crippen LogP) is 1.14. The first-order valence-electron chi connectivity index (χ1n) is 5.26. The Morgan fingerprint density at radius 2 is 2.12 bits per heavy atom. The molecule has 1 aromatic rings. The molecule has 0 aromatic heterocycles. The van der Waals surface area contributed by atoms with Gasteiger partial charge in [-0.1, -0.05) is 12.1 Å². The average molecular weight is 249 g/mol. The van der Waals surface area contributed by atoms with Gasteiger partial charge in [-0.25, -0.2) is 0 Å². The van der Waals surface area contributed by atoms with Gasteiger partial charge in [0.1, 0.15) is 6.54 Å². The number of thioether (sulfide) groups is 1. The van der Waals surface area contributed by atoms with Crippen molar-refractivity contribution in [3.8, 4) is 6.07 Å². The molecule has 5 heteroatoms. The van der Waals surface area contributed by atoms with Gasteiger partial charge < -0.3 is 10.6 Å². The summed E-state index contributed by atoms with van der Waals surface area (Å²) in [7, 11) is 1.90. The Bertz CT molecular complexity index is 397. The zero-order valence-corrected chi connectivity index (χ0v) is 10.5. The Balaban J connectivity index is 2.37. The lowest BCUT2D eigenvalue weighted by atomic mass is 10.2. The molecule has 1 aromatic carbocycles. The van der Waals surface area contributed by atoms with Gasteiger partial charge in [0.05, 0.1) is 11.8 Å². The molecule has 0 heterocycles. The molecule has 0 saturated carbocycles. The molecule has 0 atom stereocenters. The number of hydrogen-bond donors (Lipinski definition) is 2. The molecule has 0 radical (unpaired) electrons. The highest BCUT2D eigenvalue weighted by atomic mass is 32.2. The van der Waals surface area contributed by atoms with Crippen LogP contribution in [0.25, 0.3) is 0 Å². The lowest BCUT2D eigenvalue weighted by Gasteiger charge is -2.03. The summed E-state index contributed by atoms with van der Waals surface area (Å²) in [5, 5.41) is 13.9. The second-order valence-corrected chi connectivity index (χ2v) is 4.45. The lowest BCUT2D eigenvalue weighted by molar-refractivity contribution is -0.118. The third kappa shape index (κ3) is 5.38. The zero-order valence-electron chi connectivity index (χ0n) is 9.69. The number of nitrogens with zero attached hydrogens (tertiary/aromatic N) is 1. The van der Waals surface area contributed by atoms with E-state index in [1.54, 1.807) is 0 Å². The molecule has 0 spiro atoms. The van der Waals surface area contributed by atoms with E-state index in [1.807, 2.05) is 37.4 Å². The Morgan fingerprint density at radius 3 is 2.71 bits per heavy atom. The molecule has 0 aliphatic carbocycles. The molecule has 2 N–H and O–H groups in total. The minimum Gasteiger partial charge on any atom is -0.342 e. The summed E-state index contributed by atoms with van der Waals surface area (Å²) in [4.78, 5) is 12.3. The third-order valence-electron chi connectivity index (χ3n) is 2.04. The predicted molar refractivity (Wildman–Crippen MR) is 68.6 cm³/mol. The maximum atomic E-state index is 11.3. The third-order valence-corrected chi connectivity index (χ3v) is 3.05. The topological polar surface area (TPSA) is 64.9 Å². The van der Waals surface area contributed by atoms with Gasteiger partial charge in [-0.05, 0) is 24.7 Å². The first-order chi connectivity index (χ1) is 8.26. The van der Waals surface area contributed by atoms with Crippen molar-refractivity contribution in [1.29, 1.82) is 5.26 Å². The maximum absolute atomic E-state index is 11.3. The van der Waals surface area contributed by atoms with E-state index >= 15 is 0 Å². The van der Waals surface area contributed by atoms with Crippen LogP contribution in [0.3, 0.4) is 0 Å². The summed E-state index contributed by atoms with van der Waals surface area (Å²) < 4.78 is 0. The van der Waals surface area contributed by atoms with Gasteiger partial charge in [0.25, 0.3) is 0 Å². The average Bonchev–Trinajstić information content (AvgIpc) is 2.36. The van der Waals surface area contributed by atoms with Crippen molar-refractivity contribution in [2.75, 3.05) is 19.3 Å². The SMILES string of the molecule is CNCc1ccc(SCC(=O)NCC#N)cc1. The van der Waals surface area contributed by atoms with E-state index in [0.29, 0.717) is 5.75 Å². The summed E-state index contributed by atoms with van der Waals surface area (Å²) in [5.74, 6) is 0.225. The highest BCUT2D eigenvalue weighted by Crippen LogP contribution is 2.17. The van der Waals surface area contributed by atoms with Crippen LogP contribution in [0, 0.1) is 11.3 Å². The van der Waals surface area contributed by atoms with Gasteiger partial charge in [0.15, 0.2) is 0 Å². The zero-order chi connectivity index (χ0) is 12.5. The second kappa shape index (κ2) is 7.71. The molecule has 0 bridgehead atoms. The molecule has 1 rings (SSSR count). The molecule has 4 nitrogen and oxygen atoms in total. The van der Waals surface area contributed by atoms with E-state index in [1.165, 1.54) is 17.3 Å². The standard InChI is InChI=1S/C12H15N3OS/c1-14-8-10-2-4-11(5-3-10)17-9-12(16)15-7-6-13/h2-5,14H,7-9H2,1H3,(H,15,16). The second-order valence-electron chi connectivity index (χ2n) is 3.40. The number of nitrogens with one attached hydrogen (secondary N) is 2. The minimum atomic E-state index is -0.115. The molecule has 0 fully saturated rings. The fraction of sp³-hybridized carbons (Fsp3) is 0.333. The van der Waals surface area contributed by atoms with E-state index in [9.17, 15) is 4.79 Å². The normalized spacial score (nSPS) is 9.65. The summed E-state index contributed by atoms with van der Waals surface area (Å²) in [6, 6.07) is 9.93. The number of rotatable bonds is 6. The van der Waals surface area contributed by atoms with Crippen LogP contribution in [0.5, 0.6) is 0 Å². The Kier molecular flexibility index (Phi) is 6.15. The molecule has 90 valence electrons. The number of nitriles is 1. The summed E-state index contributed by atoms with van der Waals surface area (Å²) in [6.45, 7) is 0.911. The number of carbonyl (C=O) groups is 1. The number of amides is 1. The summed E-state index contributed by atoms with van der Waals surface area (Å²) in [6.07, 6.45) is 0. The van der Waals surface area contributed by atoms with E-state index in [0.717, 1.165) is 11.4 Å². The quantitative estimate of drug-likeness (QED) is 0.586. The van der Waals surface area contributed by atoms with E-state index in [4.69, 9.17) is 5.26 Å². The van der Waals surface area contributed by atoms with Gasteiger partial charge in [0.2, 0.25) is 5.91 Å². The largest absolute Gasteiger partial charge is 0.342 e. The molecule has 0 aliphatic rings. The van der Waals surface area contributed by atoms with E-state index in [-0.39, 0.29) is 12.5 Å². The highest BCUT2D eigenvalue weighted by molar-refractivity contribution is 8.00. The van der Waals surface area contributed by atoms with Gasteiger partial charge >= 0.3 is 0 Å². The fourth-order valence-electron chi connectivity index (χ4n) is 1.25. The van der Waals surface area contributed by atoms with E-state index in [2.05, 4.69) is 10.6 Å². The van der Waals surface area contributed by atoms with Gasteiger partial charge in [-0.15, -0.1) is 11.8 Å². The van der Waals surface area contributed by atoms with Crippen LogP contribution in [-0.2, 0) is 11.3 Å². The van der Waals surface area contributed by atoms with Crippen LogP contribution in [-0.4, -0.2) is 25.3 Å². The van der Waals surface area contributed by atoms with Crippen molar-refractivity contribution in [3.05, 3.63) is 29.8 Å². The molecular weight excluding hydrogens is 234 g/mol. The molecule has 0 aliphatic heterocycles. The number of carbonyl (C=O) groups excluding carboxylic acids is 1. The molecule has 0 saturated heterocycles. The van der Waals surface area contributed by atoms with Crippen LogP contribution >= 0.6 is 11.8 Å². The van der Waals surface area contributed by atoms with Crippen molar-refractivity contribution in [1.82, 2.24) is 10.6 Å². The minimum absolute atomic E-state index is 0.0699. The van der Waals surface area contributed by atoms with Crippen molar-refractivity contribution in [3.63, 3.8) is 0 Å². The Hall–Kier alpha value is -1.51. The van der Waals surface area contributed by atoms with Crippen LogP contribution in [0.2, 0.25) is 0 Å².